The van der Waals surface area contributed by atoms with Gasteiger partial charge in [-0.15, -0.1) is 0 Å². The van der Waals surface area contributed by atoms with Crippen LogP contribution in [0.1, 0.15) is 16.8 Å². The zero-order chi connectivity index (χ0) is 18.6. The van der Waals surface area contributed by atoms with Gasteiger partial charge in [-0.25, -0.2) is 13.6 Å². The minimum absolute atomic E-state index is 0.111. The molecule has 0 bridgehead atoms. The van der Waals surface area contributed by atoms with Gasteiger partial charge in [0.15, 0.2) is 0 Å². The summed E-state index contributed by atoms with van der Waals surface area (Å²) in [4.78, 5) is 25.1. The first-order valence-corrected chi connectivity index (χ1v) is 7.96. The first kappa shape index (κ1) is 18.9. The van der Waals surface area contributed by atoms with Crippen LogP contribution in [-0.4, -0.2) is 16.1 Å². The largest absolute Gasteiger partial charge is 0.487 e. The highest BCUT2D eigenvalue weighted by Gasteiger charge is 2.16. The van der Waals surface area contributed by atoms with Gasteiger partial charge in [0.1, 0.15) is 28.5 Å². The summed E-state index contributed by atoms with van der Waals surface area (Å²) in [6.45, 7) is 1.42. The van der Waals surface area contributed by atoms with Crippen LogP contribution in [0.2, 0.25) is 0 Å². The lowest BCUT2D eigenvalue weighted by molar-refractivity contribution is -0.131. The van der Waals surface area contributed by atoms with E-state index in [0.717, 1.165) is 18.2 Å². The van der Waals surface area contributed by atoms with E-state index in [-0.39, 0.29) is 28.8 Å². The van der Waals surface area contributed by atoms with E-state index >= 15 is 0 Å². The predicted octanol–water partition coefficient (Wildman–Crippen LogP) is 3.49. The number of aliphatic carboxylic acids is 1. The summed E-state index contributed by atoms with van der Waals surface area (Å²) in [6.07, 6.45) is 2.57. The van der Waals surface area contributed by atoms with Gasteiger partial charge >= 0.3 is 5.97 Å². The molecule has 0 spiro atoms. The predicted molar refractivity (Wildman–Crippen MR) is 90.7 cm³/mol. The Morgan fingerprint density at radius 1 is 1.40 bits per heavy atom. The number of pyridine rings is 1. The minimum Gasteiger partial charge on any atom is -0.487 e. The van der Waals surface area contributed by atoms with Crippen LogP contribution in [0.25, 0.3) is 0 Å². The quantitative estimate of drug-likeness (QED) is 0.710. The molecule has 0 saturated carbocycles. The standard InChI is InChI=1S/C17H14BrF2NO4/c1-9-12(3-2-4-14(22)23)16(15(18)17(24)21-9)25-8-10-5-6-11(19)7-13(10)20/h2,4-7H,3,8H2,1H3,(H,21,24)(H,22,23)/b4-2+. The van der Waals surface area contributed by atoms with Crippen LogP contribution in [0.5, 0.6) is 5.75 Å². The lowest BCUT2D eigenvalue weighted by atomic mass is 10.1. The molecule has 0 unspecified atom stereocenters. The van der Waals surface area contributed by atoms with Crippen molar-refractivity contribution in [3.63, 3.8) is 0 Å². The van der Waals surface area contributed by atoms with Gasteiger partial charge in [0.05, 0.1) is 0 Å². The van der Waals surface area contributed by atoms with E-state index in [1.54, 1.807) is 6.92 Å². The number of carboxylic acids is 1. The number of hydrogen-bond acceptors (Lipinski definition) is 3. The topological polar surface area (TPSA) is 79.4 Å². The number of benzene rings is 1. The van der Waals surface area contributed by atoms with Crippen molar-refractivity contribution in [2.24, 2.45) is 0 Å². The molecule has 0 fully saturated rings. The second-order valence-electron chi connectivity index (χ2n) is 5.17. The number of aromatic amines is 1. The Hall–Kier alpha value is -2.48. The zero-order valence-electron chi connectivity index (χ0n) is 13.1. The molecule has 2 rings (SSSR count). The number of allylic oxidation sites excluding steroid dienone is 1. The smallest absolute Gasteiger partial charge is 0.327 e. The Morgan fingerprint density at radius 2 is 2.12 bits per heavy atom. The summed E-state index contributed by atoms with van der Waals surface area (Å²) >= 11 is 3.13. The lowest BCUT2D eigenvalue weighted by Gasteiger charge is -2.14. The van der Waals surface area contributed by atoms with E-state index in [2.05, 4.69) is 20.9 Å². The highest BCUT2D eigenvalue weighted by Crippen LogP contribution is 2.29. The molecule has 1 heterocycles. The number of aromatic nitrogens is 1. The van der Waals surface area contributed by atoms with E-state index < -0.39 is 23.2 Å². The molecule has 0 radical (unpaired) electrons. The second-order valence-corrected chi connectivity index (χ2v) is 5.96. The van der Waals surface area contributed by atoms with Crippen molar-refractivity contribution in [1.29, 1.82) is 0 Å². The summed E-state index contributed by atoms with van der Waals surface area (Å²) in [7, 11) is 0. The molecule has 0 aliphatic heterocycles. The molecule has 2 aromatic rings. The Bertz CT molecular complexity index is 893. The Kier molecular flexibility index (Phi) is 6.08. The molecule has 1 aromatic carbocycles. The molecular weight excluding hydrogens is 400 g/mol. The number of rotatable bonds is 6. The van der Waals surface area contributed by atoms with E-state index in [0.29, 0.717) is 11.3 Å². The van der Waals surface area contributed by atoms with Crippen molar-refractivity contribution < 1.29 is 23.4 Å². The van der Waals surface area contributed by atoms with Gasteiger partial charge in [-0.1, -0.05) is 6.08 Å². The van der Waals surface area contributed by atoms with Crippen molar-refractivity contribution in [3.05, 3.63) is 73.6 Å². The van der Waals surface area contributed by atoms with E-state index in [4.69, 9.17) is 9.84 Å². The Labute approximate surface area is 150 Å². The van der Waals surface area contributed by atoms with Crippen LogP contribution in [0.3, 0.4) is 0 Å². The molecule has 5 nitrogen and oxygen atoms in total. The van der Waals surface area contributed by atoms with Gasteiger partial charge in [-0.2, -0.15) is 0 Å². The van der Waals surface area contributed by atoms with Gasteiger partial charge in [0.25, 0.3) is 5.56 Å². The van der Waals surface area contributed by atoms with Gasteiger partial charge in [-0.05, 0) is 41.4 Å². The summed E-state index contributed by atoms with van der Waals surface area (Å²) in [5, 5.41) is 8.68. The molecule has 0 amide bonds. The summed E-state index contributed by atoms with van der Waals surface area (Å²) in [5.74, 6) is -2.38. The molecule has 0 aliphatic carbocycles. The van der Waals surface area contributed by atoms with Crippen LogP contribution < -0.4 is 10.3 Å². The number of ether oxygens (including phenoxy) is 1. The first-order valence-electron chi connectivity index (χ1n) is 7.17. The number of H-pyrrole nitrogens is 1. The summed E-state index contributed by atoms with van der Waals surface area (Å²) < 4.78 is 32.4. The number of hydrogen-bond donors (Lipinski definition) is 2. The molecule has 132 valence electrons. The lowest BCUT2D eigenvalue weighted by Crippen LogP contribution is -2.14. The van der Waals surface area contributed by atoms with Crippen LogP contribution in [0.4, 0.5) is 8.78 Å². The molecule has 8 heteroatoms. The van der Waals surface area contributed by atoms with Crippen molar-refractivity contribution >= 4 is 21.9 Å². The van der Waals surface area contributed by atoms with E-state index in [1.165, 1.54) is 12.1 Å². The maximum absolute atomic E-state index is 13.7. The van der Waals surface area contributed by atoms with Gasteiger partial charge in [0, 0.05) is 29.0 Å². The van der Waals surface area contributed by atoms with Crippen molar-refractivity contribution in [2.75, 3.05) is 0 Å². The fraction of sp³-hybridized carbons (Fsp3) is 0.176. The molecule has 1 aromatic heterocycles. The molecule has 0 aliphatic rings. The molecule has 0 atom stereocenters. The van der Waals surface area contributed by atoms with E-state index in [9.17, 15) is 18.4 Å². The van der Waals surface area contributed by atoms with Crippen LogP contribution in [0, 0.1) is 18.6 Å². The highest BCUT2D eigenvalue weighted by molar-refractivity contribution is 9.10. The average molecular weight is 414 g/mol. The number of nitrogens with one attached hydrogen (secondary N) is 1. The molecular formula is C17H14BrF2NO4. The monoisotopic (exact) mass is 413 g/mol. The summed E-state index contributed by atoms with van der Waals surface area (Å²) in [5.41, 5.74) is 0.737. The van der Waals surface area contributed by atoms with E-state index in [1.807, 2.05) is 0 Å². The molecule has 2 N–H and O–H groups in total. The van der Waals surface area contributed by atoms with Crippen LogP contribution in [-0.2, 0) is 17.8 Å². The number of carboxylic acid groups (broad SMARTS) is 1. The van der Waals surface area contributed by atoms with Crippen LogP contribution in [0.15, 0.2) is 39.6 Å². The number of carbonyl (C=O) groups is 1. The fourth-order valence-corrected chi connectivity index (χ4v) is 2.62. The third kappa shape index (κ3) is 4.76. The first-order chi connectivity index (χ1) is 11.8. The van der Waals surface area contributed by atoms with Gasteiger partial charge in [0.2, 0.25) is 0 Å². The fourth-order valence-electron chi connectivity index (χ4n) is 2.17. The SMILES string of the molecule is Cc1[nH]c(=O)c(Br)c(OCc2ccc(F)cc2F)c1C/C=C/C(=O)O. The van der Waals surface area contributed by atoms with Gasteiger partial charge < -0.3 is 14.8 Å². The van der Waals surface area contributed by atoms with Crippen molar-refractivity contribution in [1.82, 2.24) is 4.98 Å². The average Bonchev–Trinajstić information content (AvgIpc) is 2.52. The zero-order valence-corrected chi connectivity index (χ0v) is 14.7. The second kappa shape index (κ2) is 8.06. The Balaban J connectivity index is 2.34. The normalized spacial score (nSPS) is 11.0. The van der Waals surface area contributed by atoms with Crippen molar-refractivity contribution in [3.8, 4) is 5.75 Å². The van der Waals surface area contributed by atoms with Crippen LogP contribution >= 0.6 is 15.9 Å². The third-order valence-electron chi connectivity index (χ3n) is 3.40. The van der Waals surface area contributed by atoms with Crippen molar-refractivity contribution in [2.45, 2.75) is 20.0 Å². The maximum atomic E-state index is 13.7. The molecule has 0 saturated heterocycles. The minimum atomic E-state index is -1.10. The Morgan fingerprint density at radius 3 is 2.76 bits per heavy atom. The third-order valence-corrected chi connectivity index (χ3v) is 4.12. The maximum Gasteiger partial charge on any atom is 0.327 e. The summed E-state index contributed by atoms with van der Waals surface area (Å²) in [6, 6.07) is 3.10. The molecule has 25 heavy (non-hydrogen) atoms. The number of halogens is 3. The highest BCUT2D eigenvalue weighted by atomic mass is 79.9. The van der Waals surface area contributed by atoms with Gasteiger partial charge in [-0.3, -0.25) is 4.79 Å². The number of aryl methyl sites for hydroxylation is 1.